The van der Waals surface area contributed by atoms with Gasteiger partial charge in [0.15, 0.2) is 0 Å². The molecule has 1 aliphatic carbocycles. The number of aliphatic hydroxyl groups excluding tert-OH is 1. The van der Waals surface area contributed by atoms with E-state index in [2.05, 4.69) is 32.1 Å². The highest BCUT2D eigenvalue weighted by atomic mass is 16.3. The van der Waals surface area contributed by atoms with E-state index >= 15 is 0 Å². The standard InChI is InChI=1S/C25H27N5O2/c1-17-7-12-22-24(27-17)20(25(32)28-21-5-2-3-6-23(21)31)16-29(22)15-18-8-10-19(11-9-18)30-14-4-13-26-30/h4,7-14,16,21,23,31H,2-3,5-6,15H2,1H3,(H,28,32)/t21-,23-/m0/s1. The van der Waals surface area contributed by atoms with Crippen molar-refractivity contribution in [1.29, 1.82) is 0 Å². The average molecular weight is 430 g/mol. The number of rotatable bonds is 5. The van der Waals surface area contributed by atoms with E-state index in [-0.39, 0.29) is 11.9 Å². The van der Waals surface area contributed by atoms with Crippen LogP contribution in [0, 0.1) is 6.92 Å². The van der Waals surface area contributed by atoms with Crippen LogP contribution < -0.4 is 5.32 Å². The van der Waals surface area contributed by atoms with Crippen molar-refractivity contribution in [2.75, 3.05) is 0 Å². The summed E-state index contributed by atoms with van der Waals surface area (Å²) in [7, 11) is 0. The second kappa shape index (κ2) is 8.59. The molecule has 164 valence electrons. The lowest BCUT2D eigenvalue weighted by molar-refractivity contribution is 0.0718. The van der Waals surface area contributed by atoms with Crippen LogP contribution in [-0.2, 0) is 6.54 Å². The third-order valence-electron chi connectivity index (χ3n) is 6.21. The number of amides is 1. The number of hydrogen-bond donors (Lipinski definition) is 2. The molecule has 1 saturated carbocycles. The highest BCUT2D eigenvalue weighted by Crippen LogP contribution is 2.24. The molecule has 7 nitrogen and oxygen atoms in total. The van der Waals surface area contributed by atoms with E-state index < -0.39 is 6.10 Å². The Morgan fingerprint density at radius 3 is 2.72 bits per heavy atom. The number of benzene rings is 1. The summed E-state index contributed by atoms with van der Waals surface area (Å²) < 4.78 is 3.89. The fourth-order valence-electron chi connectivity index (χ4n) is 4.46. The number of nitrogens with zero attached hydrogens (tertiary/aromatic N) is 4. The van der Waals surface area contributed by atoms with Gasteiger partial charge in [0.2, 0.25) is 0 Å². The molecule has 3 heterocycles. The Kier molecular flexibility index (Phi) is 5.49. The van der Waals surface area contributed by atoms with Crippen molar-refractivity contribution in [3.63, 3.8) is 0 Å². The number of aromatic nitrogens is 4. The van der Waals surface area contributed by atoms with Gasteiger partial charge < -0.3 is 15.0 Å². The average Bonchev–Trinajstić information content (AvgIpc) is 3.45. The second-order valence-corrected chi connectivity index (χ2v) is 8.54. The zero-order chi connectivity index (χ0) is 22.1. The largest absolute Gasteiger partial charge is 0.391 e. The highest BCUT2D eigenvalue weighted by Gasteiger charge is 2.26. The Bertz CT molecular complexity index is 1230. The molecule has 0 spiro atoms. The Morgan fingerprint density at radius 1 is 1.16 bits per heavy atom. The molecule has 0 saturated heterocycles. The Balaban J connectivity index is 1.43. The van der Waals surface area contributed by atoms with Crippen LogP contribution in [0.15, 0.2) is 61.1 Å². The van der Waals surface area contributed by atoms with Crippen LogP contribution in [0.3, 0.4) is 0 Å². The van der Waals surface area contributed by atoms with E-state index in [0.717, 1.165) is 48.1 Å². The minimum absolute atomic E-state index is 0.174. The maximum Gasteiger partial charge on any atom is 0.255 e. The van der Waals surface area contributed by atoms with Crippen molar-refractivity contribution in [2.24, 2.45) is 0 Å². The summed E-state index contributed by atoms with van der Waals surface area (Å²) in [6.07, 6.45) is 8.64. The summed E-state index contributed by atoms with van der Waals surface area (Å²) in [5, 5.41) is 17.6. The lowest BCUT2D eigenvalue weighted by Gasteiger charge is -2.28. The van der Waals surface area contributed by atoms with Gasteiger partial charge >= 0.3 is 0 Å². The third-order valence-corrected chi connectivity index (χ3v) is 6.21. The van der Waals surface area contributed by atoms with E-state index in [1.54, 1.807) is 6.20 Å². The molecule has 1 aliphatic rings. The van der Waals surface area contributed by atoms with E-state index in [0.29, 0.717) is 17.6 Å². The molecule has 0 radical (unpaired) electrons. The molecular weight excluding hydrogens is 402 g/mol. The summed E-state index contributed by atoms with van der Waals surface area (Å²) in [5.41, 5.74) is 5.15. The third kappa shape index (κ3) is 4.03. The topological polar surface area (TPSA) is 85.0 Å². The van der Waals surface area contributed by atoms with Gasteiger partial charge in [-0.15, -0.1) is 0 Å². The molecule has 1 amide bonds. The molecule has 2 N–H and O–H groups in total. The minimum Gasteiger partial charge on any atom is -0.391 e. The Hall–Kier alpha value is -3.45. The van der Waals surface area contributed by atoms with Gasteiger partial charge in [0, 0.05) is 30.8 Å². The summed E-state index contributed by atoms with van der Waals surface area (Å²) in [4.78, 5) is 17.8. The number of pyridine rings is 1. The van der Waals surface area contributed by atoms with E-state index in [1.807, 2.05) is 54.3 Å². The molecule has 2 atom stereocenters. The van der Waals surface area contributed by atoms with Crippen LogP contribution in [0.25, 0.3) is 16.7 Å². The molecule has 0 aliphatic heterocycles. The van der Waals surface area contributed by atoms with Crippen molar-refractivity contribution in [3.8, 4) is 5.69 Å². The highest BCUT2D eigenvalue weighted by molar-refractivity contribution is 6.05. The number of aliphatic hydroxyl groups is 1. The van der Waals surface area contributed by atoms with Gasteiger partial charge in [-0.05, 0) is 55.7 Å². The predicted octanol–water partition coefficient (Wildman–Crippen LogP) is 3.61. The number of carbonyl (C=O) groups excluding carboxylic acids is 1. The summed E-state index contributed by atoms with van der Waals surface area (Å²) >= 11 is 0. The number of aryl methyl sites for hydroxylation is 1. The monoisotopic (exact) mass is 429 g/mol. The molecule has 3 aromatic heterocycles. The van der Waals surface area contributed by atoms with Crippen LogP contribution in [0.4, 0.5) is 0 Å². The van der Waals surface area contributed by atoms with Crippen LogP contribution >= 0.6 is 0 Å². The molecule has 5 rings (SSSR count). The van der Waals surface area contributed by atoms with Crippen molar-refractivity contribution < 1.29 is 9.90 Å². The number of carbonyl (C=O) groups is 1. The van der Waals surface area contributed by atoms with Gasteiger partial charge in [0.05, 0.1) is 28.9 Å². The first-order valence-electron chi connectivity index (χ1n) is 11.1. The molecule has 1 aromatic carbocycles. The molecule has 32 heavy (non-hydrogen) atoms. The van der Waals surface area contributed by atoms with E-state index in [4.69, 9.17) is 0 Å². The first kappa shape index (κ1) is 20.5. The molecule has 4 aromatic rings. The van der Waals surface area contributed by atoms with Gasteiger partial charge in [0.1, 0.15) is 5.52 Å². The number of fused-ring (bicyclic) bond motifs is 1. The predicted molar refractivity (Wildman–Crippen MR) is 123 cm³/mol. The van der Waals surface area contributed by atoms with Crippen LogP contribution in [0.2, 0.25) is 0 Å². The fraction of sp³-hybridized carbons (Fsp3) is 0.320. The van der Waals surface area contributed by atoms with Gasteiger partial charge in [0.25, 0.3) is 5.91 Å². The van der Waals surface area contributed by atoms with Crippen molar-refractivity contribution >= 4 is 16.9 Å². The zero-order valence-corrected chi connectivity index (χ0v) is 18.1. The SMILES string of the molecule is Cc1ccc2c(n1)c(C(=O)N[C@H]1CCCC[C@@H]1O)cn2Cc1ccc(-n2cccn2)cc1. The maximum atomic E-state index is 13.1. The van der Waals surface area contributed by atoms with Gasteiger partial charge in [-0.2, -0.15) is 5.10 Å². The van der Waals surface area contributed by atoms with E-state index in [9.17, 15) is 9.90 Å². The molecular formula is C25H27N5O2. The second-order valence-electron chi connectivity index (χ2n) is 8.54. The molecule has 7 heteroatoms. The molecule has 0 bridgehead atoms. The summed E-state index contributed by atoms with van der Waals surface area (Å²) in [5.74, 6) is -0.174. The number of nitrogens with one attached hydrogen (secondary N) is 1. The smallest absolute Gasteiger partial charge is 0.255 e. The summed E-state index contributed by atoms with van der Waals surface area (Å²) in [6.45, 7) is 2.55. The van der Waals surface area contributed by atoms with Crippen LogP contribution in [-0.4, -0.2) is 42.5 Å². The maximum absolute atomic E-state index is 13.1. The van der Waals surface area contributed by atoms with Crippen LogP contribution in [0.5, 0.6) is 0 Å². The number of hydrogen-bond acceptors (Lipinski definition) is 4. The lowest BCUT2D eigenvalue weighted by atomic mass is 9.92. The van der Waals surface area contributed by atoms with Crippen molar-refractivity contribution in [2.45, 2.75) is 51.3 Å². The Morgan fingerprint density at radius 2 is 1.97 bits per heavy atom. The van der Waals surface area contributed by atoms with Crippen molar-refractivity contribution in [3.05, 3.63) is 77.9 Å². The molecule has 0 unspecified atom stereocenters. The van der Waals surface area contributed by atoms with E-state index in [1.165, 1.54) is 0 Å². The summed E-state index contributed by atoms with van der Waals surface area (Å²) in [6, 6.07) is 13.9. The minimum atomic E-state index is -0.482. The van der Waals surface area contributed by atoms with Gasteiger partial charge in [-0.3, -0.25) is 9.78 Å². The molecule has 1 fully saturated rings. The normalized spacial score (nSPS) is 18.7. The quantitative estimate of drug-likeness (QED) is 0.508. The Labute approximate surface area is 186 Å². The van der Waals surface area contributed by atoms with Gasteiger partial charge in [-0.1, -0.05) is 25.0 Å². The first-order chi connectivity index (χ1) is 15.6. The van der Waals surface area contributed by atoms with Crippen LogP contribution in [0.1, 0.15) is 47.3 Å². The van der Waals surface area contributed by atoms with Crippen molar-refractivity contribution in [1.82, 2.24) is 24.6 Å². The fourth-order valence-corrected chi connectivity index (χ4v) is 4.46. The zero-order valence-electron chi connectivity index (χ0n) is 18.1. The lowest BCUT2D eigenvalue weighted by Crippen LogP contribution is -2.45. The van der Waals surface area contributed by atoms with Gasteiger partial charge in [-0.25, -0.2) is 4.68 Å². The first-order valence-corrected chi connectivity index (χ1v) is 11.1.